The van der Waals surface area contributed by atoms with Gasteiger partial charge in [0.05, 0.1) is 11.4 Å². The quantitative estimate of drug-likeness (QED) is 0.497. The predicted octanol–water partition coefficient (Wildman–Crippen LogP) is 5.77. The van der Waals surface area contributed by atoms with Crippen molar-refractivity contribution in [1.29, 1.82) is 0 Å². The third-order valence-electron chi connectivity index (χ3n) is 5.14. The molecule has 1 aromatic heterocycles. The monoisotopic (exact) mass is 437 g/mol. The Bertz CT molecular complexity index is 1200. The maximum atomic E-state index is 12.9. The Labute approximate surface area is 184 Å². The van der Waals surface area contributed by atoms with E-state index in [2.05, 4.69) is 24.0 Å². The number of aromatic hydroxyl groups is 1. The normalized spacial score (nSPS) is 15.9. The molecule has 0 spiro atoms. The van der Waals surface area contributed by atoms with Gasteiger partial charge in [0.25, 0.3) is 5.56 Å². The molecule has 0 amide bonds. The zero-order valence-electron chi connectivity index (χ0n) is 16.7. The highest BCUT2D eigenvalue weighted by molar-refractivity contribution is 7.99. The third-order valence-corrected chi connectivity index (χ3v) is 6.78. The molecule has 0 aliphatic carbocycles. The van der Waals surface area contributed by atoms with Crippen LogP contribution in [0.2, 0.25) is 0 Å². The second kappa shape index (κ2) is 9.02. The summed E-state index contributed by atoms with van der Waals surface area (Å²) in [5, 5.41) is 11.1. The van der Waals surface area contributed by atoms with Gasteiger partial charge >= 0.3 is 0 Å². The molecular weight excluding hydrogens is 414 g/mol. The highest BCUT2D eigenvalue weighted by Crippen LogP contribution is 2.45. The minimum absolute atomic E-state index is 0.0691. The van der Waals surface area contributed by atoms with Gasteiger partial charge in [-0.25, -0.2) is 0 Å². The van der Waals surface area contributed by atoms with Gasteiger partial charge < -0.3 is 5.11 Å². The molecule has 7 heteroatoms. The van der Waals surface area contributed by atoms with Gasteiger partial charge in [0, 0.05) is 23.1 Å². The molecule has 0 saturated heterocycles. The molecule has 154 valence electrons. The first-order valence-electron chi connectivity index (χ1n) is 10.0. The maximum absolute atomic E-state index is 12.9. The number of thioether (sulfide) groups is 1. The lowest BCUT2D eigenvalue weighted by Crippen LogP contribution is -2.24. The highest BCUT2D eigenvalue weighted by atomic mass is 32.2. The number of rotatable bonds is 5. The van der Waals surface area contributed by atoms with Crippen molar-refractivity contribution in [2.75, 3.05) is 0 Å². The van der Waals surface area contributed by atoms with Crippen molar-refractivity contribution in [2.24, 2.45) is 4.99 Å². The van der Waals surface area contributed by atoms with Crippen LogP contribution in [-0.4, -0.2) is 20.4 Å². The summed E-state index contributed by atoms with van der Waals surface area (Å²) in [5.74, 6) is -0.104. The first kappa shape index (κ1) is 20.6. The van der Waals surface area contributed by atoms with E-state index >= 15 is 0 Å². The van der Waals surface area contributed by atoms with Gasteiger partial charge in [-0.3, -0.25) is 19.3 Å². The number of H-pyrrole nitrogens is 1. The highest BCUT2D eigenvalue weighted by Gasteiger charge is 2.26. The van der Waals surface area contributed by atoms with E-state index in [0.717, 1.165) is 29.0 Å². The van der Waals surface area contributed by atoms with E-state index in [-0.39, 0.29) is 21.5 Å². The largest absolute Gasteiger partial charge is 0.494 e. The summed E-state index contributed by atoms with van der Waals surface area (Å²) < 4.78 is 1.83. The van der Waals surface area contributed by atoms with Crippen LogP contribution >= 0.6 is 24.0 Å². The summed E-state index contributed by atoms with van der Waals surface area (Å²) >= 11 is 7.02. The van der Waals surface area contributed by atoms with E-state index < -0.39 is 5.56 Å². The van der Waals surface area contributed by atoms with Crippen molar-refractivity contribution >= 4 is 35.4 Å². The molecule has 2 aromatic carbocycles. The molecule has 0 bridgehead atoms. The number of hydrogen-bond acceptors (Lipinski definition) is 5. The number of para-hydroxylation sites is 1. The van der Waals surface area contributed by atoms with E-state index in [9.17, 15) is 9.90 Å². The Balaban J connectivity index is 1.88. The van der Waals surface area contributed by atoms with Crippen LogP contribution in [0.3, 0.4) is 0 Å². The lowest BCUT2D eigenvalue weighted by atomic mass is 10.0. The van der Waals surface area contributed by atoms with Crippen molar-refractivity contribution in [3.63, 3.8) is 0 Å². The third kappa shape index (κ3) is 4.13. The van der Waals surface area contributed by atoms with Crippen LogP contribution in [0.4, 0.5) is 5.69 Å². The van der Waals surface area contributed by atoms with Crippen LogP contribution in [0.25, 0.3) is 0 Å². The topological polar surface area (TPSA) is 70.4 Å². The number of hydrogen-bond donors (Lipinski definition) is 2. The molecule has 1 atom stereocenters. The smallest absolute Gasteiger partial charge is 0.264 e. The van der Waals surface area contributed by atoms with Crippen molar-refractivity contribution in [2.45, 2.75) is 42.9 Å². The van der Waals surface area contributed by atoms with Gasteiger partial charge in [0.2, 0.25) is 5.88 Å². The SMILES string of the molecule is CCCCn1c(O)c(C2=Nc3ccccc3S[C@H](c3ccccc3)C2)c(=O)[nH]c1=S. The average Bonchev–Trinajstić information content (AvgIpc) is 2.93. The summed E-state index contributed by atoms with van der Waals surface area (Å²) in [4.78, 5) is 21.5. The van der Waals surface area contributed by atoms with Crippen LogP contribution < -0.4 is 5.56 Å². The lowest BCUT2D eigenvalue weighted by molar-refractivity contribution is 0.398. The summed E-state index contributed by atoms with van der Waals surface area (Å²) in [6.45, 7) is 2.62. The van der Waals surface area contributed by atoms with Gasteiger partial charge in [-0.2, -0.15) is 0 Å². The maximum Gasteiger partial charge on any atom is 0.264 e. The molecule has 0 saturated carbocycles. The van der Waals surface area contributed by atoms with Crippen LogP contribution in [-0.2, 0) is 6.54 Å². The minimum atomic E-state index is -0.403. The molecular formula is C23H23N3O2S2. The van der Waals surface area contributed by atoms with Gasteiger partial charge in [0.1, 0.15) is 5.56 Å². The number of nitrogens with zero attached hydrogens (tertiary/aromatic N) is 2. The number of benzene rings is 2. The Morgan fingerprint density at radius 3 is 2.70 bits per heavy atom. The van der Waals surface area contributed by atoms with Crippen molar-refractivity contribution in [3.8, 4) is 5.88 Å². The van der Waals surface area contributed by atoms with E-state index in [4.69, 9.17) is 17.2 Å². The lowest BCUT2D eigenvalue weighted by Gasteiger charge is -2.17. The van der Waals surface area contributed by atoms with E-state index in [1.807, 2.05) is 42.5 Å². The fourth-order valence-electron chi connectivity index (χ4n) is 3.57. The Morgan fingerprint density at radius 2 is 1.93 bits per heavy atom. The van der Waals surface area contributed by atoms with Crippen molar-refractivity contribution < 1.29 is 5.11 Å². The second-order valence-corrected chi connectivity index (χ2v) is 8.84. The van der Waals surface area contributed by atoms with Crippen LogP contribution in [0.1, 0.15) is 42.6 Å². The number of nitrogens with one attached hydrogen (secondary N) is 1. The van der Waals surface area contributed by atoms with E-state index in [1.54, 1.807) is 16.3 Å². The summed E-state index contributed by atoms with van der Waals surface area (Å²) in [6.07, 6.45) is 2.33. The standard InChI is InChI=1S/C23H23N3O2S2/c1-2-3-13-26-22(28)20(21(27)25-23(26)29)17-14-19(15-9-5-4-6-10-15)30-18-12-8-7-11-16(18)24-17/h4-12,19,28H,2-3,13-14H2,1H3,(H,25,27,29)/t19-/m0/s1. The van der Waals surface area contributed by atoms with E-state index in [1.165, 1.54) is 0 Å². The predicted molar refractivity (Wildman–Crippen MR) is 125 cm³/mol. The van der Waals surface area contributed by atoms with Gasteiger partial charge in [-0.1, -0.05) is 55.8 Å². The van der Waals surface area contributed by atoms with Gasteiger partial charge in [-0.05, 0) is 36.3 Å². The molecule has 0 unspecified atom stereocenters. The summed E-state index contributed by atoms with van der Waals surface area (Å²) in [7, 11) is 0. The van der Waals surface area contributed by atoms with Crippen LogP contribution in [0.15, 0.2) is 69.3 Å². The van der Waals surface area contributed by atoms with Crippen LogP contribution in [0.5, 0.6) is 5.88 Å². The molecule has 0 fully saturated rings. The molecule has 5 nitrogen and oxygen atoms in total. The molecule has 0 radical (unpaired) electrons. The van der Waals surface area contributed by atoms with E-state index in [0.29, 0.717) is 18.7 Å². The number of aromatic amines is 1. The molecule has 2 heterocycles. The number of unbranched alkanes of at least 4 members (excludes halogenated alkanes) is 1. The second-order valence-electron chi connectivity index (χ2n) is 7.21. The fraction of sp³-hybridized carbons (Fsp3) is 0.261. The summed E-state index contributed by atoms with van der Waals surface area (Å²) in [5.41, 5.74) is 2.33. The number of aromatic nitrogens is 2. The molecule has 4 rings (SSSR count). The first-order valence-corrected chi connectivity index (χ1v) is 11.3. The average molecular weight is 438 g/mol. The minimum Gasteiger partial charge on any atom is -0.494 e. The Hall–Kier alpha value is -2.64. The first-order chi connectivity index (χ1) is 14.6. The number of fused-ring (bicyclic) bond motifs is 1. The van der Waals surface area contributed by atoms with Gasteiger partial charge in [-0.15, -0.1) is 11.8 Å². The molecule has 1 aliphatic heterocycles. The zero-order valence-corrected chi connectivity index (χ0v) is 18.3. The van der Waals surface area contributed by atoms with Crippen molar-refractivity contribution in [1.82, 2.24) is 9.55 Å². The summed E-state index contributed by atoms with van der Waals surface area (Å²) in [6, 6.07) is 18.1. The molecule has 2 N–H and O–H groups in total. The number of aliphatic imine (C=N–C) groups is 1. The molecule has 1 aliphatic rings. The van der Waals surface area contributed by atoms with Crippen LogP contribution in [0, 0.1) is 4.77 Å². The molecule has 3 aromatic rings. The van der Waals surface area contributed by atoms with Gasteiger partial charge in [0.15, 0.2) is 4.77 Å². The van der Waals surface area contributed by atoms with Crippen molar-refractivity contribution in [3.05, 3.63) is 80.8 Å². The Morgan fingerprint density at radius 1 is 1.20 bits per heavy atom. The Kier molecular flexibility index (Phi) is 6.20. The molecule has 30 heavy (non-hydrogen) atoms. The fourth-order valence-corrected chi connectivity index (χ4v) is 5.07. The zero-order chi connectivity index (χ0) is 21.1.